The van der Waals surface area contributed by atoms with Gasteiger partial charge in [-0.15, -0.1) is 0 Å². The Bertz CT molecular complexity index is 679. The van der Waals surface area contributed by atoms with Crippen molar-refractivity contribution in [1.82, 2.24) is 0 Å². The topological polar surface area (TPSA) is 44.8 Å². The minimum atomic E-state index is -3.61. The Kier molecular flexibility index (Phi) is 3.75. The van der Waals surface area contributed by atoms with Gasteiger partial charge < -0.3 is 9.05 Å². The van der Waals surface area contributed by atoms with Crippen molar-refractivity contribution in [3.8, 4) is 11.5 Å². The van der Waals surface area contributed by atoms with Gasteiger partial charge in [0.15, 0.2) is 0 Å². The van der Waals surface area contributed by atoms with E-state index in [1.54, 1.807) is 18.2 Å². The number of para-hydroxylation sites is 1. The fourth-order valence-electron chi connectivity index (χ4n) is 2.10. The molecule has 0 aliphatic carbocycles. The maximum absolute atomic E-state index is 12.5. The quantitative estimate of drug-likeness (QED) is 0.756. The van der Waals surface area contributed by atoms with Gasteiger partial charge in [0.05, 0.1) is 6.61 Å². The summed E-state index contributed by atoms with van der Waals surface area (Å²) in [4.78, 5) is 0. The first-order valence-corrected chi connectivity index (χ1v) is 8.33. The highest BCUT2D eigenvalue weighted by molar-refractivity contribution is 7.49. The van der Waals surface area contributed by atoms with Crippen molar-refractivity contribution in [3.63, 3.8) is 0 Å². The van der Waals surface area contributed by atoms with Gasteiger partial charge in [-0.2, -0.15) is 0 Å². The van der Waals surface area contributed by atoms with Crippen LogP contribution in [0.25, 0.3) is 0 Å². The van der Waals surface area contributed by atoms with E-state index in [-0.39, 0.29) is 6.61 Å². The molecule has 1 aliphatic rings. The Morgan fingerprint density at radius 2 is 1.81 bits per heavy atom. The Morgan fingerprint density at radius 1 is 1.10 bits per heavy atom. The van der Waals surface area contributed by atoms with Gasteiger partial charge in [0.2, 0.25) is 0 Å². The summed E-state index contributed by atoms with van der Waals surface area (Å²) < 4.78 is 28.7. The van der Waals surface area contributed by atoms with Gasteiger partial charge in [0.1, 0.15) is 11.5 Å². The first kappa shape index (κ1) is 14.2. The zero-order chi connectivity index (χ0) is 14.9. The molecule has 0 spiro atoms. The summed E-state index contributed by atoms with van der Waals surface area (Å²) in [6.07, 6.45) is 0. The van der Waals surface area contributed by atoms with Crippen LogP contribution in [0.1, 0.15) is 30.9 Å². The molecule has 1 aliphatic heterocycles. The van der Waals surface area contributed by atoms with E-state index >= 15 is 0 Å². The molecular weight excluding hydrogens is 287 g/mol. The molecule has 4 nitrogen and oxygen atoms in total. The summed E-state index contributed by atoms with van der Waals surface area (Å²) in [6.45, 7) is 4.45. The molecule has 5 heteroatoms. The van der Waals surface area contributed by atoms with E-state index in [1.165, 1.54) is 5.56 Å². The van der Waals surface area contributed by atoms with Crippen molar-refractivity contribution in [2.45, 2.75) is 26.4 Å². The summed E-state index contributed by atoms with van der Waals surface area (Å²) >= 11 is 0. The fraction of sp³-hybridized carbons (Fsp3) is 0.250. The van der Waals surface area contributed by atoms with E-state index in [9.17, 15) is 4.57 Å². The van der Waals surface area contributed by atoms with Crippen LogP contribution in [0, 0.1) is 0 Å². The van der Waals surface area contributed by atoms with Gasteiger partial charge in [-0.05, 0) is 29.7 Å². The molecule has 3 rings (SSSR count). The van der Waals surface area contributed by atoms with E-state index in [2.05, 4.69) is 13.8 Å². The summed E-state index contributed by atoms with van der Waals surface area (Å²) in [7, 11) is -3.61. The maximum Gasteiger partial charge on any atom is 0.587 e. The zero-order valence-electron chi connectivity index (χ0n) is 12.0. The molecular formula is C16H17O4P. The van der Waals surface area contributed by atoms with Crippen LogP contribution in [-0.2, 0) is 15.7 Å². The number of phosphoric ester groups is 1. The third-order valence-electron chi connectivity index (χ3n) is 3.32. The Labute approximate surface area is 124 Å². The van der Waals surface area contributed by atoms with Crippen molar-refractivity contribution >= 4 is 7.82 Å². The second kappa shape index (κ2) is 5.55. The van der Waals surface area contributed by atoms with Crippen LogP contribution in [0.5, 0.6) is 11.5 Å². The minimum Gasteiger partial charge on any atom is -0.395 e. The number of phosphoric acid groups is 1. The molecule has 1 atom stereocenters. The molecule has 21 heavy (non-hydrogen) atoms. The predicted molar refractivity (Wildman–Crippen MR) is 80.6 cm³/mol. The van der Waals surface area contributed by atoms with E-state index in [4.69, 9.17) is 13.6 Å². The lowest BCUT2D eigenvalue weighted by molar-refractivity contribution is 0.181. The smallest absolute Gasteiger partial charge is 0.395 e. The van der Waals surface area contributed by atoms with E-state index in [1.807, 2.05) is 30.3 Å². The minimum absolute atomic E-state index is 0.220. The number of fused-ring (bicyclic) bond motifs is 1. The molecule has 110 valence electrons. The third kappa shape index (κ3) is 3.12. The normalized spacial score (nSPS) is 20.7. The van der Waals surface area contributed by atoms with Crippen LogP contribution in [0.2, 0.25) is 0 Å². The Morgan fingerprint density at radius 3 is 2.52 bits per heavy atom. The molecule has 0 fully saturated rings. The fourth-order valence-corrected chi connectivity index (χ4v) is 3.33. The number of benzene rings is 2. The monoisotopic (exact) mass is 304 g/mol. The average molecular weight is 304 g/mol. The van der Waals surface area contributed by atoms with E-state index in [0.29, 0.717) is 17.4 Å². The zero-order valence-corrected chi connectivity index (χ0v) is 12.9. The molecule has 2 aromatic rings. The number of hydrogen-bond donors (Lipinski definition) is 0. The summed E-state index contributed by atoms with van der Waals surface area (Å²) in [5.74, 6) is 1.46. The lowest BCUT2D eigenvalue weighted by Gasteiger charge is -2.24. The molecule has 0 radical (unpaired) electrons. The summed E-state index contributed by atoms with van der Waals surface area (Å²) in [5, 5.41) is 0. The van der Waals surface area contributed by atoms with E-state index in [0.717, 1.165) is 5.56 Å². The molecule has 0 aromatic heterocycles. The molecule has 0 amide bonds. The van der Waals surface area contributed by atoms with Crippen molar-refractivity contribution < 1.29 is 18.1 Å². The number of hydrogen-bond acceptors (Lipinski definition) is 4. The van der Waals surface area contributed by atoms with Crippen LogP contribution >= 0.6 is 7.82 Å². The van der Waals surface area contributed by atoms with Gasteiger partial charge in [0, 0.05) is 5.56 Å². The Hall–Kier alpha value is -1.77. The molecule has 1 heterocycles. The predicted octanol–water partition coefficient (Wildman–Crippen LogP) is 4.91. The van der Waals surface area contributed by atoms with Gasteiger partial charge in [-0.25, -0.2) is 4.57 Å². The first-order valence-electron chi connectivity index (χ1n) is 6.87. The van der Waals surface area contributed by atoms with Crippen LogP contribution in [0.3, 0.4) is 0 Å². The SMILES string of the molecule is CC(C)c1ccc(OP2(=O)OCc3ccccc3O2)cc1. The van der Waals surface area contributed by atoms with Crippen molar-refractivity contribution in [2.24, 2.45) is 0 Å². The molecule has 0 N–H and O–H groups in total. The van der Waals surface area contributed by atoms with Gasteiger partial charge >= 0.3 is 7.82 Å². The van der Waals surface area contributed by atoms with E-state index < -0.39 is 7.82 Å². The molecule has 2 aromatic carbocycles. The Balaban J connectivity index is 1.77. The van der Waals surface area contributed by atoms with Gasteiger partial charge in [-0.3, -0.25) is 4.52 Å². The third-order valence-corrected chi connectivity index (χ3v) is 4.62. The second-order valence-electron chi connectivity index (χ2n) is 5.23. The van der Waals surface area contributed by atoms with Crippen molar-refractivity contribution in [2.75, 3.05) is 0 Å². The lowest BCUT2D eigenvalue weighted by atomic mass is 10.0. The molecule has 0 saturated carbocycles. The maximum atomic E-state index is 12.5. The van der Waals surface area contributed by atoms with Crippen LogP contribution < -0.4 is 9.05 Å². The standard InChI is InChI=1S/C16H17O4P/c1-12(2)13-7-9-15(10-8-13)19-21(17)18-11-14-5-3-4-6-16(14)20-21/h3-10,12H,11H2,1-2H3. The van der Waals surface area contributed by atoms with Crippen LogP contribution in [0.4, 0.5) is 0 Å². The lowest BCUT2D eigenvalue weighted by Crippen LogP contribution is -2.11. The molecule has 0 saturated heterocycles. The average Bonchev–Trinajstić information content (AvgIpc) is 2.47. The second-order valence-corrected chi connectivity index (χ2v) is 6.75. The van der Waals surface area contributed by atoms with Crippen LogP contribution in [0.15, 0.2) is 48.5 Å². The summed E-state index contributed by atoms with van der Waals surface area (Å²) in [6, 6.07) is 14.8. The van der Waals surface area contributed by atoms with Gasteiger partial charge in [-0.1, -0.05) is 44.2 Å². The summed E-state index contributed by atoms with van der Waals surface area (Å²) in [5.41, 5.74) is 2.05. The molecule has 1 unspecified atom stereocenters. The molecule has 0 bridgehead atoms. The number of rotatable bonds is 3. The first-order chi connectivity index (χ1) is 10.1. The van der Waals surface area contributed by atoms with Gasteiger partial charge in [0.25, 0.3) is 0 Å². The van der Waals surface area contributed by atoms with Crippen LogP contribution in [-0.4, -0.2) is 0 Å². The highest BCUT2D eigenvalue weighted by Crippen LogP contribution is 2.54. The van der Waals surface area contributed by atoms with Crippen molar-refractivity contribution in [1.29, 1.82) is 0 Å². The van der Waals surface area contributed by atoms with Crippen molar-refractivity contribution in [3.05, 3.63) is 59.7 Å². The highest BCUT2D eigenvalue weighted by atomic mass is 31.2. The largest absolute Gasteiger partial charge is 0.587 e. The highest BCUT2D eigenvalue weighted by Gasteiger charge is 2.35.